The largest absolute Gasteiger partial charge is 0.273 e. The SMILES string of the molecule is CCCC(=O)N=c1sn(C(=O)CCC)c2ccccc12. The molecule has 0 N–H and O–H groups in total. The standard InChI is InChI=1S/C15H18N2O2S/c1-3-7-13(18)16-15-11-9-5-6-10-12(11)17(20-15)14(19)8-4-2/h5-6,9-10H,3-4,7-8H2,1-2H3. The lowest BCUT2D eigenvalue weighted by Gasteiger charge is -1.99. The van der Waals surface area contributed by atoms with Crippen LogP contribution in [0.15, 0.2) is 29.3 Å². The molecule has 0 aliphatic heterocycles. The van der Waals surface area contributed by atoms with Gasteiger partial charge in [0.05, 0.1) is 5.52 Å². The van der Waals surface area contributed by atoms with E-state index in [9.17, 15) is 9.59 Å². The summed E-state index contributed by atoms with van der Waals surface area (Å²) in [4.78, 5) is 28.0. The molecule has 0 unspecified atom stereocenters. The van der Waals surface area contributed by atoms with E-state index in [4.69, 9.17) is 0 Å². The minimum atomic E-state index is -0.130. The van der Waals surface area contributed by atoms with Crippen molar-refractivity contribution in [2.75, 3.05) is 0 Å². The summed E-state index contributed by atoms with van der Waals surface area (Å²) in [6, 6.07) is 7.58. The monoisotopic (exact) mass is 290 g/mol. The van der Waals surface area contributed by atoms with Crippen LogP contribution in [0.5, 0.6) is 0 Å². The Kier molecular flexibility index (Phi) is 4.84. The van der Waals surface area contributed by atoms with Crippen LogP contribution in [-0.2, 0) is 4.79 Å². The van der Waals surface area contributed by atoms with Crippen molar-refractivity contribution >= 4 is 34.2 Å². The summed E-state index contributed by atoms with van der Waals surface area (Å²) in [5, 5.41) is 0.867. The van der Waals surface area contributed by atoms with Gasteiger partial charge in [0.2, 0.25) is 11.8 Å². The molecule has 0 spiro atoms. The second-order valence-corrected chi connectivity index (χ2v) is 5.54. The third kappa shape index (κ3) is 3.04. The molecule has 0 radical (unpaired) electrons. The zero-order valence-electron chi connectivity index (χ0n) is 11.8. The van der Waals surface area contributed by atoms with Crippen LogP contribution in [0.1, 0.15) is 44.3 Å². The molecule has 20 heavy (non-hydrogen) atoms. The molecule has 2 aromatic rings. The highest BCUT2D eigenvalue weighted by Gasteiger charge is 2.12. The molecule has 5 heteroatoms. The normalized spacial score (nSPS) is 12.0. The number of rotatable bonds is 4. The summed E-state index contributed by atoms with van der Waals surface area (Å²) in [5.74, 6) is -0.0762. The van der Waals surface area contributed by atoms with E-state index >= 15 is 0 Å². The maximum absolute atomic E-state index is 12.1. The number of carbonyl (C=O) groups is 2. The molecule has 4 nitrogen and oxygen atoms in total. The van der Waals surface area contributed by atoms with Gasteiger partial charge in [0.15, 0.2) is 0 Å². The molecule has 2 rings (SSSR count). The van der Waals surface area contributed by atoms with Crippen LogP contribution >= 0.6 is 11.5 Å². The van der Waals surface area contributed by atoms with Crippen molar-refractivity contribution in [3.05, 3.63) is 28.9 Å². The van der Waals surface area contributed by atoms with Gasteiger partial charge in [0.1, 0.15) is 4.67 Å². The van der Waals surface area contributed by atoms with Crippen molar-refractivity contribution in [3.8, 4) is 0 Å². The average molecular weight is 290 g/mol. The molecule has 0 fully saturated rings. The van der Waals surface area contributed by atoms with E-state index in [1.165, 1.54) is 11.5 Å². The van der Waals surface area contributed by atoms with Crippen LogP contribution in [0.3, 0.4) is 0 Å². The van der Waals surface area contributed by atoms with Crippen LogP contribution < -0.4 is 4.67 Å². The number of benzene rings is 1. The van der Waals surface area contributed by atoms with E-state index < -0.39 is 0 Å². The fourth-order valence-electron chi connectivity index (χ4n) is 1.98. The third-order valence-electron chi connectivity index (χ3n) is 2.91. The quantitative estimate of drug-likeness (QED) is 0.867. The Morgan fingerprint density at radius 3 is 2.55 bits per heavy atom. The lowest BCUT2D eigenvalue weighted by Crippen LogP contribution is -2.07. The lowest BCUT2D eigenvalue weighted by molar-refractivity contribution is -0.118. The summed E-state index contributed by atoms with van der Waals surface area (Å²) in [6.07, 6.45) is 2.52. The predicted octanol–water partition coefficient (Wildman–Crippen LogP) is 3.37. The number of fused-ring (bicyclic) bond motifs is 1. The van der Waals surface area contributed by atoms with Gasteiger partial charge in [0.25, 0.3) is 0 Å². The Balaban J connectivity index is 2.57. The molecule has 106 valence electrons. The summed E-state index contributed by atoms with van der Waals surface area (Å²) < 4.78 is 2.28. The molecule has 0 bridgehead atoms. The highest BCUT2D eigenvalue weighted by atomic mass is 32.1. The molecule has 0 atom stereocenters. The minimum Gasteiger partial charge on any atom is -0.273 e. The van der Waals surface area contributed by atoms with Crippen molar-refractivity contribution in [1.29, 1.82) is 0 Å². The number of amides is 1. The first-order valence-corrected chi connectivity index (χ1v) is 7.66. The van der Waals surface area contributed by atoms with Crippen molar-refractivity contribution < 1.29 is 9.59 Å². The molecule has 1 heterocycles. The van der Waals surface area contributed by atoms with E-state index in [-0.39, 0.29) is 11.8 Å². The molecular formula is C15H18N2O2S. The highest BCUT2D eigenvalue weighted by molar-refractivity contribution is 7.06. The van der Waals surface area contributed by atoms with Crippen LogP contribution in [0.2, 0.25) is 0 Å². The molecule has 1 aromatic carbocycles. The van der Waals surface area contributed by atoms with Crippen LogP contribution in [0.25, 0.3) is 10.9 Å². The van der Waals surface area contributed by atoms with Gasteiger partial charge in [-0.05, 0) is 36.5 Å². The van der Waals surface area contributed by atoms with Gasteiger partial charge in [0, 0.05) is 18.2 Å². The van der Waals surface area contributed by atoms with Gasteiger partial charge in [-0.1, -0.05) is 26.0 Å². The summed E-state index contributed by atoms with van der Waals surface area (Å²) in [5.41, 5.74) is 0.832. The average Bonchev–Trinajstić information content (AvgIpc) is 2.79. The lowest BCUT2D eigenvalue weighted by atomic mass is 10.2. The zero-order valence-corrected chi connectivity index (χ0v) is 12.6. The molecule has 0 saturated heterocycles. The van der Waals surface area contributed by atoms with E-state index in [1.54, 1.807) is 3.96 Å². The Hall–Kier alpha value is -1.75. The molecule has 1 amide bonds. The van der Waals surface area contributed by atoms with Crippen molar-refractivity contribution in [1.82, 2.24) is 3.96 Å². The van der Waals surface area contributed by atoms with Gasteiger partial charge in [-0.2, -0.15) is 0 Å². The summed E-state index contributed by atoms with van der Waals surface area (Å²) in [6.45, 7) is 3.93. The minimum absolute atomic E-state index is 0.0538. The van der Waals surface area contributed by atoms with Crippen molar-refractivity contribution in [3.63, 3.8) is 0 Å². The number of para-hydroxylation sites is 1. The Bertz CT molecular complexity index is 697. The first kappa shape index (κ1) is 14.7. The summed E-state index contributed by atoms with van der Waals surface area (Å²) >= 11 is 1.25. The fourth-order valence-corrected chi connectivity index (χ4v) is 3.02. The fraction of sp³-hybridized carbons (Fsp3) is 0.400. The third-order valence-corrected chi connectivity index (χ3v) is 3.98. The van der Waals surface area contributed by atoms with Gasteiger partial charge >= 0.3 is 0 Å². The molecule has 0 aliphatic rings. The topological polar surface area (TPSA) is 51.4 Å². The molecule has 0 saturated carbocycles. The smallest absolute Gasteiger partial charge is 0.247 e. The number of carbonyl (C=O) groups excluding carboxylic acids is 2. The number of hydrogen-bond acceptors (Lipinski definition) is 3. The highest BCUT2D eigenvalue weighted by Crippen LogP contribution is 2.15. The van der Waals surface area contributed by atoms with Gasteiger partial charge < -0.3 is 0 Å². The number of aromatic nitrogens is 1. The molecular weight excluding hydrogens is 272 g/mol. The second-order valence-electron chi connectivity index (χ2n) is 4.61. The first-order valence-electron chi connectivity index (χ1n) is 6.89. The maximum Gasteiger partial charge on any atom is 0.247 e. The Labute approximate surface area is 121 Å². The molecule has 1 aromatic heterocycles. The predicted molar refractivity (Wildman–Crippen MR) is 80.8 cm³/mol. The van der Waals surface area contributed by atoms with Crippen LogP contribution in [0.4, 0.5) is 0 Å². The van der Waals surface area contributed by atoms with E-state index in [0.717, 1.165) is 23.7 Å². The van der Waals surface area contributed by atoms with E-state index in [0.29, 0.717) is 17.5 Å². The number of hydrogen-bond donors (Lipinski definition) is 0. The zero-order chi connectivity index (χ0) is 14.5. The van der Waals surface area contributed by atoms with Crippen molar-refractivity contribution in [2.24, 2.45) is 4.99 Å². The Morgan fingerprint density at radius 2 is 1.85 bits per heavy atom. The van der Waals surface area contributed by atoms with Gasteiger partial charge in [-0.3, -0.25) is 9.59 Å². The second kappa shape index (κ2) is 6.61. The summed E-state index contributed by atoms with van der Waals surface area (Å²) in [7, 11) is 0. The maximum atomic E-state index is 12.1. The first-order chi connectivity index (χ1) is 9.67. The van der Waals surface area contributed by atoms with Crippen LogP contribution in [-0.4, -0.2) is 15.8 Å². The van der Waals surface area contributed by atoms with E-state index in [1.807, 2.05) is 38.1 Å². The van der Waals surface area contributed by atoms with Gasteiger partial charge in [-0.25, -0.2) is 8.95 Å². The molecule has 0 aliphatic carbocycles. The van der Waals surface area contributed by atoms with Crippen LogP contribution in [0, 0.1) is 0 Å². The Morgan fingerprint density at radius 1 is 1.15 bits per heavy atom. The van der Waals surface area contributed by atoms with Gasteiger partial charge in [-0.15, -0.1) is 0 Å². The van der Waals surface area contributed by atoms with E-state index in [2.05, 4.69) is 4.99 Å². The van der Waals surface area contributed by atoms with Crippen molar-refractivity contribution in [2.45, 2.75) is 39.5 Å². The number of nitrogens with zero attached hydrogens (tertiary/aromatic N) is 2.